The first-order chi connectivity index (χ1) is 8.41. The van der Waals surface area contributed by atoms with E-state index in [1.54, 1.807) is 6.20 Å². The van der Waals surface area contributed by atoms with Crippen molar-refractivity contribution >= 4 is 32.8 Å². The van der Waals surface area contributed by atoms with Crippen molar-refractivity contribution in [1.29, 1.82) is 0 Å². The third kappa shape index (κ3) is 2.15. The van der Waals surface area contributed by atoms with E-state index in [0.29, 0.717) is 5.56 Å². The van der Waals surface area contributed by atoms with E-state index in [1.165, 1.54) is 0 Å². The van der Waals surface area contributed by atoms with Crippen molar-refractivity contribution < 1.29 is 15.0 Å². The zero-order chi connectivity index (χ0) is 13.4. The van der Waals surface area contributed by atoms with Gasteiger partial charge in [-0.05, 0) is 26.0 Å². The van der Waals surface area contributed by atoms with Crippen LogP contribution in [0.4, 0.5) is 0 Å². The van der Waals surface area contributed by atoms with Crippen LogP contribution in [0.5, 0.6) is 0 Å². The van der Waals surface area contributed by atoms with Crippen LogP contribution < -0.4 is 0 Å². The lowest BCUT2D eigenvalue weighted by molar-refractivity contribution is -0.146. The summed E-state index contributed by atoms with van der Waals surface area (Å²) in [5.41, 5.74) is 1.34. The molecule has 1 aromatic heterocycles. The highest BCUT2D eigenvalue weighted by molar-refractivity contribution is 9.10. The first kappa shape index (κ1) is 13.1. The van der Waals surface area contributed by atoms with Gasteiger partial charge in [-0.15, -0.1) is 0 Å². The number of fused-ring (bicyclic) bond motifs is 1. The smallest absolute Gasteiger partial charge is 0.337 e. The van der Waals surface area contributed by atoms with Gasteiger partial charge in [0, 0.05) is 33.2 Å². The SMILES string of the molecule is CC(C)n1cc(C(O)C(=O)O)c2ccc(Br)cc21. The minimum absolute atomic E-state index is 0.191. The van der Waals surface area contributed by atoms with E-state index >= 15 is 0 Å². The van der Waals surface area contributed by atoms with E-state index in [9.17, 15) is 9.90 Å². The normalized spacial score (nSPS) is 13.2. The molecule has 1 atom stereocenters. The Bertz CT molecular complexity index is 604. The molecule has 0 aliphatic carbocycles. The summed E-state index contributed by atoms with van der Waals surface area (Å²) >= 11 is 3.40. The second kappa shape index (κ2) is 4.74. The van der Waals surface area contributed by atoms with Gasteiger partial charge in [0.2, 0.25) is 0 Å². The van der Waals surface area contributed by atoms with Gasteiger partial charge in [-0.3, -0.25) is 0 Å². The lowest BCUT2D eigenvalue weighted by atomic mass is 10.1. The topological polar surface area (TPSA) is 62.5 Å². The maximum absolute atomic E-state index is 10.9. The monoisotopic (exact) mass is 311 g/mol. The third-order valence-corrected chi connectivity index (χ3v) is 3.41. The highest BCUT2D eigenvalue weighted by atomic mass is 79.9. The molecule has 0 saturated carbocycles. The molecule has 0 aliphatic rings. The number of hydrogen-bond acceptors (Lipinski definition) is 2. The Morgan fingerprint density at radius 2 is 2.06 bits per heavy atom. The summed E-state index contributed by atoms with van der Waals surface area (Å²) in [6.07, 6.45) is 0.217. The fraction of sp³-hybridized carbons (Fsp3) is 0.308. The number of aromatic nitrogens is 1. The van der Waals surface area contributed by atoms with E-state index in [4.69, 9.17) is 5.11 Å². The lowest BCUT2D eigenvalue weighted by Crippen LogP contribution is -2.10. The summed E-state index contributed by atoms with van der Waals surface area (Å²) in [5.74, 6) is -1.24. The number of carboxylic acids is 1. The summed E-state index contributed by atoms with van der Waals surface area (Å²) in [6.45, 7) is 4.02. The largest absolute Gasteiger partial charge is 0.479 e. The molecule has 2 aromatic rings. The van der Waals surface area contributed by atoms with Crippen molar-refractivity contribution in [1.82, 2.24) is 4.57 Å². The highest BCUT2D eigenvalue weighted by Gasteiger charge is 2.22. The summed E-state index contributed by atoms with van der Waals surface area (Å²) in [7, 11) is 0. The second-order valence-electron chi connectivity index (χ2n) is 4.49. The predicted octanol–water partition coefficient (Wildman–Crippen LogP) is 3.10. The quantitative estimate of drug-likeness (QED) is 0.915. The van der Waals surface area contributed by atoms with Crippen LogP contribution in [-0.2, 0) is 4.79 Å². The Labute approximate surface area is 113 Å². The number of benzene rings is 1. The summed E-state index contributed by atoms with van der Waals surface area (Å²) in [5, 5.41) is 19.4. The molecule has 1 aromatic carbocycles. The molecule has 0 aliphatic heterocycles. The fourth-order valence-electron chi connectivity index (χ4n) is 2.03. The summed E-state index contributed by atoms with van der Waals surface area (Å²) in [4.78, 5) is 10.9. The minimum atomic E-state index is -1.49. The van der Waals surface area contributed by atoms with Crippen LogP contribution in [-0.4, -0.2) is 20.7 Å². The molecule has 0 fully saturated rings. The Kier molecular flexibility index (Phi) is 3.45. The number of nitrogens with zero attached hydrogens (tertiary/aromatic N) is 1. The molecule has 0 spiro atoms. The first-order valence-corrected chi connectivity index (χ1v) is 6.42. The number of carboxylic acid groups (broad SMARTS) is 1. The van der Waals surface area contributed by atoms with Gasteiger partial charge in [-0.25, -0.2) is 4.79 Å². The number of aliphatic hydroxyl groups is 1. The first-order valence-electron chi connectivity index (χ1n) is 5.62. The molecular weight excluding hydrogens is 298 g/mol. The minimum Gasteiger partial charge on any atom is -0.479 e. The molecule has 96 valence electrons. The van der Waals surface area contributed by atoms with Gasteiger partial charge in [0.15, 0.2) is 6.10 Å². The van der Waals surface area contributed by atoms with Crippen molar-refractivity contribution in [3.63, 3.8) is 0 Å². The van der Waals surface area contributed by atoms with Crippen molar-refractivity contribution in [2.45, 2.75) is 26.0 Å². The van der Waals surface area contributed by atoms with Crippen LogP contribution in [0.1, 0.15) is 31.6 Å². The van der Waals surface area contributed by atoms with Gasteiger partial charge < -0.3 is 14.8 Å². The Morgan fingerprint density at radius 1 is 1.39 bits per heavy atom. The van der Waals surface area contributed by atoms with Gasteiger partial charge in [0.05, 0.1) is 0 Å². The van der Waals surface area contributed by atoms with Crippen molar-refractivity contribution in [3.05, 3.63) is 34.4 Å². The number of halogens is 1. The van der Waals surface area contributed by atoms with Crippen LogP contribution >= 0.6 is 15.9 Å². The van der Waals surface area contributed by atoms with Crippen molar-refractivity contribution in [3.8, 4) is 0 Å². The zero-order valence-corrected chi connectivity index (χ0v) is 11.7. The molecule has 0 radical (unpaired) electrons. The van der Waals surface area contributed by atoms with Gasteiger partial charge in [0.25, 0.3) is 0 Å². The number of rotatable bonds is 3. The number of aliphatic hydroxyl groups excluding tert-OH is 1. The van der Waals surface area contributed by atoms with Crippen molar-refractivity contribution in [2.75, 3.05) is 0 Å². The second-order valence-corrected chi connectivity index (χ2v) is 5.40. The molecule has 2 N–H and O–H groups in total. The standard InChI is InChI=1S/C13H14BrNO3/c1-7(2)15-6-10(12(16)13(17)18)9-4-3-8(14)5-11(9)15/h3-7,12,16H,1-2H3,(H,17,18). The highest BCUT2D eigenvalue weighted by Crippen LogP contribution is 2.31. The summed E-state index contributed by atoms with van der Waals surface area (Å²) in [6, 6.07) is 5.77. The van der Waals surface area contributed by atoms with Gasteiger partial charge in [-0.2, -0.15) is 0 Å². The van der Waals surface area contributed by atoms with Crippen LogP contribution in [0, 0.1) is 0 Å². The average molecular weight is 312 g/mol. The van der Waals surface area contributed by atoms with Crippen LogP contribution in [0.3, 0.4) is 0 Å². The molecule has 5 heteroatoms. The van der Waals surface area contributed by atoms with Gasteiger partial charge in [-0.1, -0.05) is 22.0 Å². The van der Waals surface area contributed by atoms with E-state index in [2.05, 4.69) is 15.9 Å². The van der Waals surface area contributed by atoms with E-state index < -0.39 is 12.1 Å². The number of hydrogen-bond donors (Lipinski definition) is 2. The lowest BCUT2D eigenvalue weighted by Gasteiger charge is -2.08. The molecule has 18 heavy (non-hydrogen) atoms. The molecule has 0 saturated heterocycles. The maximum atomic E-state index is 10.9. The number of carbonyl (C=O) groups is 1. The van der Waals surface area contributed by atoms with Gasteiger partial charge in [0.1, 0.15) is 0 Å². The van der Waals surface area contributed by atoms with Gasteiger partial charge >= 0.3 is 5.97 Å². The molecule has 4 nitrogen and oxygen atoms in total. The van der Waals surface area contributed by atoms with E-state index in [-0.39, 0.29) is 6.04 Å². The maximum Gasteiger partial charge on any atom is 0.337 e. The average Bonchev–Trinajstić information content (AvgIpc) is 2.66. The Morgan fingerprint density at radius 3 is 2.61 bits per heavy atom. The number of aliphatic carboxylic acids is 1. The van der Waals surface area contributed by atoms with Crippen LogP contribution in [0.15, 0.2) is 28.9 Å². The van der Waals surface area contributed by atoms with E-state index in [0.717, 1.165) is 15.4 Å². The predicted molar refractivity (Wildman–Crippen MR) is 72.6 cm³/mol. The fourth-order valence-corrected chi connectivity index (χ4v) is 2.38. The molecule has 1 unspecified atom stereocenters. The summed E-state index contributed by atoms with van der Waals surface area (Å²) < 4.78 is 2.88. The molecule has 1 heterocycles. The third-order valence-electron chi connectivity index (χ3n) is 2.91. The Hall–Kier alpha value is -1.33. The molecule has 0 amide bonds. The van der Waals surface area contributed by atoms with Crippen molar-refractivity contribution in [2.24, 2.45) is 0 Å². The van der Waals surface area contributed by atoms with Crippen LogP contribution in [0.2, 0.25) is 0 Å². The molecule has 0 bridgehead atoms. The van der Waals surface area contributed by atoms with E-state index in [1.807, 2.05) is 36.6 Å². The zero-order valence-electron chi connectivity index (χ0n) is 10.1. The molecule has 2 rings (SSSR count). The van der Waals surface area contributed by atoms with Crippen LogP contribution in [0.25, 0.3) is 10.9 Å². The molecular formula is C13H14BrNO3. The Balaban J connectivity index is 2.72.